The van der Waals surface area contributed by atoms with Crippen molar-refractivity contribution < 1.29 is 9.66 Å². The third kappa shape index (κ3) is 3.50. The number of benzene rings is 1. The van der Waals surface area contributed by atoms with E-state index in [1.807, 2.05) is 24.6 Å². The molecule has 0 bridgehead atoms. The predicted octanol–water partition coefficient (Wildman–Crippen LogP) is 2.82. The van der Waals surface area contributed by atoms with Gasteiger partial charge in [-0.3, -0.25) is 14.8 Å². The van der Waals surface area contributed by atoms with Gasteiger partial charge in [0, 0.05) is 12.7 Å². The van der Waals surface area contributed by atoms with Crippen LogP contribution in [0.1, 0.15) is 19.5 Å². The second-order valence-corrected chi connectivity index (χ2v) is 4.36. The standard InChI is InChI=1S/C14H18N4O3/c1-3-17-11(7-8-16-17)10-15-13-6-5-12(21-4-2)9-14(13)18(19)20/h5-9,15H,3-4,10H2,1-2H3. The minimum Gasteiger partial charge on any atom is -0.494 e. The highest BCUT2D eigenvalue weighted by Crippen LogP contribution is 2.29. The Morgan fingerprint density at radius 2 is 2.19 bits per heavy atom. The molecule has 0 spiro atoms. The number of aryl methyl sites for hydroxylation is 1. The molecule has 1 N–H and O–H groups in total. The Kier molecular flexibility index (Phi) is 4.76. The van der Waals surface area contributed by atoms with E-state index < -0.39 is 4.92 Å². The Morgan fingerprint density at radius 3 is 2.86 bits per heavy atom. The van der Waals surface area contributed by atoms with Crippen LogP contribution in [0.3, 0.4) is 0 Å². The first-order valence-electron chi connectivity index (χ1n) is 6.81. The number of aromatic nitrogens is 2. The maximum atomic E-state index is 11.2. The van der Waals surface area contributed by atoms with E-state index in [9.17, 15) is 10.1 Å². The molecular weight excluding hydrogens is 272 g/mol. The zero-order valence-electron chi connectivity index (χ0n) is 12.1. The number of nitro groups is 1. The lowest BCUT2D eigenvalue weighted by atomic mass is 10.2. The number of anilines is 1. The molecule has 1 heterocycles. The van der Waals surface area contributed by atoms with Gasteiger partial charge in [-0.2, -0.15) is 5.10 Å². The van der Waals surface area contributed by atoms with Gasteiger partial charge in [0.15, 0.2) is 0 Å². The summed E-state index contributed by atoms with van der Waals surface area (Å²) in [6.45, 7) is 5.54. The van der Waals surface area contributed by atoms with E-state index in [2.05, 4.69) is 10.4 Å². The van der Waals surface area contributed by atoms with E-state index in [-0.39, 0.29) is 5.69 Å². The van der Waals surface area contributed by atoms with Gasteiger partial charge in [-0.1, -0.05) is 0 Å². The van der Waals surface area contributed by atoms with Crippen LogP contribution in [-0.4, -0.2) is 21.3 Å². The number of nitrogens with zero attached hydrogens (tertiary/aromatic N) is 3. The number of hydrogen-bond donors (Lipinski definition) is 1. The molecule has 0 fully saturated rings. The molecule has 1 aromatic heterocycles. The fourth-order valence-corrected chi connectivity index (χ4v) is 2.05. The van der Waals surface area contributed by atoms with Gasteiger partial charge in [-0.25, -0.2) is 0 Å². The van der Waals surface area contributed by atoms with E-state index in [0.717, 1.165) is 12.2 Å². The largest absolute Gasteiger partial charge is 0.494 e. The number of ether oxygens (including phenoxy) is 1. The lowest BCUT2D eigenvalue weighted by molar-refractivity contribution is -0.384. The first-order valence-corrected chi connectivity index (χ1v) is 6.81. The smallest absolute Gasteiger partial charge is 0.296 e. The fraction of sp³-hybridized carbons (Fsp3) is 0.357. The first kappa shape index (κ1) is 14.8. The van der Waals surface area contributed by atoms with Crippen molar-refractivity contribution in [2.24, 2.45) is 0 Å². The van der Waals surface area contributed by atoms with E-state index in [0.29, 0.717) is 24.6 Å². The zero-order chi connectivity index (χ0) is 15.2. The van der Waals surface area contributed by atoms with Crippen LogP contribution in [0.2, 0.25) is 0 Å². The maximum Gasteiger partial charge on any atom is 0.296 e. The monoisotopic (exact) mass is 290 g/mol. The van der Waals surface area contributed by atoms with Gasteiger partial charge >= 0.3 is 0 Å². The normalized spacial score (nSPS) is 10.4. The minimum absolute atomic E-state index is 0.00325. The molecule has 2 rings (SSSR count). The molecule has 0 saturated heterocycles. The summed E-state index contributed by atoms with van der Waals surface area (Å²) >= 11 is 0. The van der Waals surface area contributed by atoms with Gasteiger partial charge in [0.1, 0.15) is 11.4 Å². The predicted molar refractivity (Wildman–Crippen MR) is 79.5 cm³/mol. The summed E-state index contributed by atoms with van der Waals surface area (Å²) in [6.07, 6.45) is 1.72. The van der Waals surface area contributed by atoms with Crippen LogP contribution in [0.4, 0.5) is 11.4 Å². The highest BCUT2D eigenvalue weighted by atomic mass is 16.6. The average molecular weight is 290 g/mol. The highest BCUT2D eigenvalue weighted by Gasteiger charge is 2.15. The molecule has 0 unspecified atom stereocenters. The van der Waals surface area contributed by atoms with Crippen molar-refractivity contribution in [2.45, 2.75) is 26.9 Å². The molecule has 112 valence electrons. The molecule has 0 aliphatic rings. The maximum absolute atomic E-state index is 11.2. The van der Waals surface area contributed by atoms with Crippen LogP contribution in [0.15, 0.2) is 30.5 Å². The van der Waals surface area contributed by atoms with Gasteiger partial charge in [-0.15, -0.1) is 0 Å². The molecule has 7 heteroatoms. The number of nitrogens with one attached hydrogen (secondary N) is 1. The molecule has 0 aliphatic heterocycles. The Morgan fingerprint density at radius 1 is 1.38 bits per heavy atom. The summed E-state index contributed by atoms with van der Waals surface area (Å²) in [4.78, 5) is 10.7. The van der Waals surface area contributed by atoms with Crippen LogP contribution in [0, 0.1) is 10.1 Å². The second kappa shape index (κ2) is 6.74. The summed E-state index contributed by atoms with van der Waals surface area (Å²) in [6, 6.07) is 6.70. The number of rotatable bonds is 7. The summed E-state index contributed by atoms with van der Waals surface area (Å²) < 4.78 is 7.13. The van der Waals surface area contributed by atoms with Crippen LogP contribution >= 0.6 is 0 Å². The Hall–Kier alpha value is -2.57. The van der Waals surface area contributed by atoms with Crippen molar-refractivity contribution >= 4 is 11.4 Å². The lowest BCUT2D eigenvalue weighted by Crippen LogP contribution is -2.09. The van der Waals surface area contributed by atoms with Crippen LogP contribution in [0.25, 0.3) is 0 Å². The van der Waals surface area contributed by atoms with Crippen molar-refractivity contribution in [1.29, 1.82) is 0 Å². The van der Waals surface area contributed by atoms with Gasteiger partial charge < -0.3 is 10.1 Å². The quantitative estimate of drug-likeness (QED) is 0.626. The number of hydrogen-bond acceptors (Lipinski definition) is 5. The topological polar surface area (TPSA) is 82.2 Å². The molecule has 0 aliphatic carbocycles. The molecule has 0 saturated carbocycles. The van der Waals surface area contributed by atoms with Crippen molar-refractivity contribution in [3.8, 4) is 5.75 Å². The minimum atomic E-state index is -0.415. The van der Waals surface area contributed by atoms with Gasteiger partial charge in [0.2, 0.25) is 0 Å². The Labute approximate surface area is 122 Å². The Bertz CT molecular complexity index is 624. The van der Waals surface area contributed by atoms with E-state index in [1.165, 1.54) is 6.07 Å². The third-order valence-electron chi connectivity index (χ3n) is 3.04. The Balaban J connectivity index is 2.17. The molecule has 0 atom stereocenters. The molecule has 2 aromatic rings. The summed E-state index contributed by atoms with van der Waals surface area (Å²) in [5.41, 5.74) is 1.44. The summed E-state index contributed by atoms with van der Waals surface area (Å²) in [7, 11) is 0. The molecule has 0 radical (unpaired) electrons. The van der Waals surface area contributed by atoms with Crippen molar-refractivity contribution in [3.63, 3.8) is 0 Å². The molecule has 7 nitrogen and oxygen atoms in total. The van der Waals surface area contributed by atoms with Crippen molar-refractivity contribution in [1.82, 2.24) is 9.78 Å². The average Bonchev–Trinajstić information content (AvgIpc) is 2.93. The van der Waals surface area contributed by atoms with Gasteiger partial charge in [0.25, 0.3) is 5.69 Å². The van der Waals surface area contributed by atoms with Crippen LogP contribution in [-0.2, 0) is 13.1 Å². The van der Waals surface area contributed by atoms with E-state index in [4.69, 9.17) is 4.74 Å². The van der Waals surface area contributed by atoms with Crippen molar-refractivity contribution in [2.75, 3.05) is 11.9 Å². The molecule has 21 heavy (non-hydrogen) atoms. The fourth-order valence-electron chi connectivity index (χ4n) is 2.05. The van der Waals surface area contributed by atoms with Gasteiger partial charge in [-0.05, 0) is 32.0 Å². The van der Waals surface area contributed by atoms with E-state index in [1.54, 1.807) is 18.3 Å². The second-order valence-electron chi connectivity index (χ2n) is 4.36. The highest BCUT2D eigenvalue weighted by molar-refractivity contribution is 5.63. The third-order valence-corrected chi connectivity index (χ3v) is 3.04. The van der Waals surface area contributed by atoms with Crippen LogP contribution < -0.4 is 10.1 Å². The summed E-state index contributed by atoms with van der Waals surface area (Å²) in [5, 5.41) is 18.4. The summed E-state index contributed by atoms with van der Waals surface area (Å²) in [5.74, 6) is 0.494. The number of nitro benzene ring substituents is 1. The van der Waals surface area contributed by atoms with Crippen molar-refractivity contribution in [3.05, 3.63) is 46.3 Å². The lowest BCUT2D eigenvalue weighted by Gasteiger charge is -2.10. The molecular formula is C14H18N4O3. The van der Waals surface area contributed by atoms with Crippen LogP contribution in [0.5, 0.6) is 5.75 Å². The first-order chi connectivity index (χ1) is 10.2. The van der Waals surface area contributed by atoms with Gasteiger partial charge in [0.05, 0.1) is 29.8 Å². The molecule has 1 aromatic carbocycles. The molecule has 0 amide bonds. The van der Waals surface area contributed by atoms with E-state index >= 15 is 0 Å². The zero-order valence-corrected chi connectivity index (χ0v) is 12.1. The SMILES string of the molecule is CCOc1ccc(NCc2ccnn2CC)c([N+](=O)[O-])c1.